The molecular formula is C6H12N2O4. The molecule has 2 atom stereocenters. The van der Waals surface area contributed by atoms with Gasteiger partial charge in [-0.1, -0.05) is 5.06 Å². The molecule has 1 heterocycles. The van der Waals surface area contributed by atoms with E-state index in [0.717, 1.165) is 5.06 Å². The predicted molar refractivity (Wildman–Crippen MR) is 38.2 cm³/mol. The number of hydrogen-bond acceptors (Lipinski definition) is 6. The number of nitrogens with zero attached hydrogens (tertiary/aromatic N) is 1. The van der Waals surface area contributed by atoms with Crippen molar-refractivity contribution in [2.45, 2.75) is 25.3 Å². The smallest absolute Gasteiger partial charge is 0.338 e. The zero-order valence-electron chi connectivity index (χ0n) is 6.51. The second-order valence-electron chi connectivity index (χ2n) is 2.57. The maximum atomic E-state index is 10.6. The summed E-state index contributed by atoms with van der Waals surface area (Å²) in [6, 6.07) is 0. The molecule has 0 aromatic heterocycles. The molecule has 12 heavy (non-hydrogen) atoms. The Bertz CT molecular complexity index is 165. The number of carbonyl (C=O) groups excluding carboxylic acids is 1. The fourth-order valence-corrected chi connectivity index (χ4v) is 1.03. The Morgan fingerprint density at radius 2 is 2.00 bits per heavy atom. The summed E-state index contributed by atoms with van der Waals surface area (Å²) in [7, 11) is 0. The normalized spacial score (nSPS) is 30.6. The van der Waals surface area contributed by atoms with Crippen molar-refractivity contribution in [3.8, 4) is 0 Å². The zero-order valence-corrected chi connectivity index (χ0v) is 6.51. The third kappa shape index (κ3) is 1.92. The van der Waals surface area contributed by atoms with Crippen LogP contribution in [0.1, 0.15) is 12.8 Å². The number of aliphatic hydroxyl groups excluding tert-OH is 2. The van der Waals surface area contributed by atoms with E-state index in [1.165, 1.54) is 0 Å². The Morgan fingerprint density at radius 1 is 1.50 bits per heavy atom. The number of nitrogens with two attached hydrogens (primary N) is 1. The van der Waals surface area contributed by atoms with Crippen LogP contribution in [0.25, 0.3) is 0 Å². The molecule has 4 N–H and O–H groups in total. The summed E-state index contributed by atoms with van der Waals surface area (Å²) < 4.78 is 0. The number of hydrogen-bond donors (Lipinski definition) is 3. The zero-order chi connectivity index (χ0) is 9.14. The highest BCUT2D eigenvalue weighted by atomic mass is 16.7. The van der Waals surface area contributed by atoms with Crippen LogP contribution in [0, 0.1) is 0 Å². The van der Waals surface area contributed by atoms with Gasteiger partial charge in [-0.3, -0.25) is 0 Å². The first-order valence-electron chi connectivity index (χ1n) is 3.70. The lowest BCUT2D eigenvalue weighted by molar-refractivity contribution is -0.260. The predicted octanol–water partition coefficient (Wildman–Crippen LogP) is -1.86. The minimum atomic E-state index is -0.921. The van der Waals surface area contributed by atoms with Gasteiger partial charge in [-0.15, -0.1) is 0 Å². The van der Waals surface area contributed by atoms with Gasteiger partial charge in [0.1, 0.15) is 12.5 Å². The summed E-state index contributed by atoms with van der Waals surface area (Å²) in [6.45, 7) is -0.268. The number of carbonyl (C=O) groups is 1. The summed E-state index contributed by atoms with van der Waals surface area (Å²) in [5.74, 6) is -0.671. The molecule has 0 amide bonds. The SMILES string of the molecule is NCC(=O)ON1C(O)CCC1O. The number of rotatable bonds is 2. The fraction of sp³-hybridized carbons (Fsp3) is 0.833. The van der Waals surface area contributed by atoms with E-state index in [9.17, 15) is 4.79 Å². The highest BCUT2D eigenvalue weighted by Crippen LogP contribution is 2.20. The highest BCUT2D eigenvalue weighted by molar-refractivity contribution is 5.70. The van der Waals surface area contributed by atoms with Crippen molar-refractivity contribution >= 4 is 5.97 Å². The minimum absolute atomic E-state index is 0.268. The third-order valence-corrected chi connectivity index (χ3v) is 1.64. The first-order valence-corrected chi connectivity index (χ1v) is 3.70. The first kappa shape index (κ1) is 9.40. The average molecular weight is 176 g/mol. The van der Waals surface area contributed by atoms with Gasteiger partial charge in [0.2, 0.25) is 0 Å². The Hall–Kier alpha value is -0.690. The van der Waals surface area contributed by atoms with Crippen LogP contribution in [0.2, 0.25) is 0 Å². The van der Waals surface area contributed by atoms with Crippen LogP contribution in [-0.2, 0) is 9.63 Å². The molecule has 1 fully saturated rings. The fourth-order valence-electron chi connectivity index (χ4n) is 1.03. The van der Waals surface area contributed by atoms with Crippen molar-refractivity contribution in [2.24, 2.45) is 5.73 Å². The monoisotopic (exact) mass is 176 g/mol. The van der Waals surface area contributed by atoms with E-state index in [2.05, 4.69) is 4.84 Å². The molecule has 1 aliphatic rings. The molecule has 1 aliphatic heterocycles. The van der Waals surface area contributed by atoms with Crippen molar-refractivity contribution in [2.75, 3.05) is 6.54 Å². The van der Waals surface area contributed by atoms with Gasteiger partial charge in [-0.2, -0.15) is 0 Å². The summed E-state index contributed by atoms with van der Waals surface area (Å²) in [6.07, 6.45) is -1.07. The summed E-state index contributed by atoms with van der Waals surface area (Å²) in [5, 5.41) is 19.2. The van der Waals surface area contributed by atoms with E-state index < -0.39 is 18.4 Å². The van der Waals surface area contributed by atoms with Crippen LogP contribution in [0.4, 0.5) is 0 Å². The molecule has 70 valence electrons. The molecular weight excluding hydrogens is 164 g/mol. The lowest BCUT2D eigenvalue weighted by Crippen LogP contribution is -2.39. The third-order valence-electron chi connectivity index (χ3n) is 1.64. The van der Waals surface area contributed by atoms with Crippen molar-refractivity contribution in [3.05, 3.63) is 0 Å². The van der Waals surface area contributed by atoms with Gasteiger partial charge in [0.25, 0.3) is 0 Å². The van der Waals surface area contributed by atoms with Crippen LogP contribution in [-0.4, -0.2) is 40.2 Å². The van der Waals surface area contributed by atoms with Gasteiger partial charge in [-0.05, 0) is 12.8 Å². The molecule has 0 radical (unpaired) electrons. The van der Waals surface area contributed by atoms with Gasteiger partial charge >= 0.3 is 5.97 Å². The molecule has 0 saturated carbocycles. The molecule has 0 aromatic carbocycles. The Morgan fingerprint density at radius 3 is 2.42 bits per heavy atom. The van der Waals surface area contributed by atoms with Crippen LogP contribution in [0.5, 0.6) is 0 Å². The molecule has 0 spiro atoms. The van der Waals surface area contributed by atoms with E-state index in [1.54, 1.807) is 0 Å². The lowest BCUT2D eigenvalue weighted by atomic mass is 10.3. The van der Waals surface area contributed by atoms with Crippen molar-refractivity contribution < 1.29 is 19.8 Å². The minimum Gasteiger partial charge on any atom is -0.375 e. The molecule has 0 aliphatic carbocycles. The lowest BCUT2D eigenvalue weighted by Gasteiger charge is -2.21. The summed E-state index contributed by atoms with van der Waals surface area (Å²) in [5.41, 5.74) is 4.98. The highest BCUT2D eigenvalue weighted by Gasteiger charge is 2.33. The van der Waals surface area contributed by atoms with E-state index in [1.807, 2.05) is 0 Å². The van der Waals surface area contributed by atoms with Gasteiger partial charge in [-0.25, -0.2) is 4.79 Å². The number of hydroxylamine groups is 2. The Labute approximate surface area is 69.5 Å². The Balaban J connectivity index is 2.44. The molecule has 6 heteroatoms. The second kappa shape index (κ2) is 3.81. The van der Waals surface area contributed by atoms with Crippen molar-refractivity contribution in [3.63, 3.8) is 0 Å². The standard InChI is InChI=1S/C6H12N2O4/c7-3-6(11)12-8-4(9)1-2-5(8)10/h4-5,9-10H,1-3,7H2. The number of aliphatic hydroxyl groups is 2. The summed E-state index contributed by atoms with van der Waals surface area (Å²) >= 11 is 0. The van der Waals surface area contributed by atoms with Gasteiger partial charge < -0.3 is 20.8 Å². The van der Waals surface area contributed by atoms with Crippen LogP contribution in [0.3, 0.4) is 0 Å². The quantitative estimate of drug-likeness (QED) is 0.456. The molecule has 2 unspecified atom stereocenters. The largest absolute Gasteiger partial charge is 0.375 e. The molecule has 0 bridgehead atoms. The van der Waals surface area contributed by atoms with Crippen molar-refractivity contribution in [1.82, 2.24) is 5.06 Å². The van der Waals surface area contributed by atoms with E-state index >= 15 is 0 Å². The average Bonchev–Trinajstić information content (AvgIpc) is 2.35. The van der Waals surface area contributed by atoms with Gasteiger partial charge in [0.05, 0.1) is 6.54 Å². The first-order chi connectivity index (χ1) is 5.65. The maximum absolute atomic E-state index is 10.6. The van der Waals surface area contributed by atoms with Crippen LogP contribution in [0.15, 0.2) is 0 Å². The van der Waals surface area contributed by atoms with Gasteiger partial charge in [0, 0.05) is 0 Å². The topological polar surface area (TPSA) is 96.0 Å². The van der Waals surface area contributed by atoms with Crippen LogP contribution < -0.4 is 5.73 Å². The molecule has 1 saturated heterocycles. The molecule has 0 aromatic rings. The Kier molecular flexibility index (Phi) is 2.99. The van der Waals surface area contributed by atoms with E-state index in [4.69, 9.17) is 15.9 Å². The second-order valence-corrected chi connectivity index (χ2v) is 2.57. The van der Waals surface area contributed by atoms with E-state index in [0.29, 0.717) is 12.8 Å². The van der Waals surface area contributed by atoms with Crippen molar-refractivity contribution in [1.29, 1.82) is 0 Å². The van der Waals surface area contributed by atoms with Gasteiger partial charge in [0.15, 0.2) is 0 Å². The molecule has 6 nitrogen and oxygen atoms in total. The van der Waals surface area contributed by atoms with E-state index in [-0.39, 0.29) is 6.54 Å². The summed E-state index contributed by atoms with van der Waals surface area (Å²) in [4.78, 5) is 15.2. The maximum Gasteiger partial charge on any atom is 0.338 e. The molecule has 1 rings (SSSR count). The van der Waals surface area contributed by atoms with Crippen LogP contribution >= 0.6 is 0 Å².